The third kappa shape index (κ3) is 5.57. The van der Waals surface area contributed by atoms with Crippen molar-refractivity contribution in [1.29, 1.82) is 0 Å². The number of halogens is 1. The van der Waals surface area contributed by atoms with Gasteiger partial charge in [-0.3, -0.25) is 9.59 Å². The number of hydrogen-bond acceptors (Lipinski definition) is 4. The molecule has 0 heterocycles. The number of nitrogens with one attached hydrogen (secondary N) is 2. The fraction of sp³-hybridized carbons (Fsp3) is 0.222. The Labute approximate surface area is 157 Å². The van der Waals surface area contributed by atoms with Gasteiger partial charge in [0.2, 0.25) is 5.91 Å². The number of amides is 2. The zero-order valence-electron chi connectivity index (χ0n) is 14.3. The monoisotopic (exact) mass is 394 g/mol. The lowest BCUT2D eigenvalue weighted by molar-refractivity contribution is -0.120. The second kappa shape index (κ2) is 8.33. The molecule has 6 nitrogen and oxygen atoms in total. The first kappa shape index (κ1) is 19.9. The van der Waals surface area contributed by atoms with Gasteiger partial charge in [0.25, 0.3) is 15.9 Å². The molecule has 0 radical (unpaired) electrons. The van der Waals surface area contributed by atoms with Crippen molar-refractivity contribution < 1.29 is 18.0 Å². The normalized spacial score (nSPS) is 11.2. The molecule has 26 heavy (non-hydrogen) atoms. The highest BCUT2D eigenvalue weighted by Crippen LogP contribution is 2.16. The SMILES string of the molecule is CC(C)CC(=O)NS(=O)(=O)c1ccc(NC(=O)c2ccc(Cl)cc2)cc1. The van der Waals surface area contributed by atoms with Crippen LogP contribution in [0.4, 0.5) is 5.69 Å². The third-order valence-corrected chi connectivity index (χ3v) is 5.01. The van der Waals surface area contributed by atoms with E-state index in [2.05, 4.69) is 5.32 Å². The quantitative estimate of drug-likeness (QED) is 0.784. The highest BCUT2D eigenvalue weighted by Gasteiger charge is 2.18. The van der Waals surface area contributed by atoms with Gasteiger partial charge in [0, 0.05) is 22.7 Å². The van der Waals surface area contributed by atoms with Crippen LogP contribution >= 0.6 is 11.6 Å². The van der Waals surface area contributed by atoms with E-state index in [9.17, 15) is 18.0 Å². The minimum atomic E-state index is -3.93. The average Bonchev–Trinajstić information content (AvgIpc) is 2.54. The predicted molar refractivity (Wildman–Crippen MR) is 101 cm³/mol. The summed E-state index contributed by atoms with van der Waals surface area (Å²) in [5, 5.41) is 3.18. The predicted octanol–water partition coefficient (Wildman–Crippen LogP) is 3.44. The molecule has 138 valence electrons. The van der Waals surface area contributed by atoms with Crippen molar-refractivity contribution in [2.45, 2.75) is 25.2 Å². The highest BCUT2D eigenvalue weighted by molar-refractivity contribution is 7.90. The molecular weight excluding hydrogens is 376 g/mol. The largest absolute Gasteiger partial charge is 0.322 e. The van der Waals surface area contributed by atoms with E-state index < -0.39 is 15.9 Å². The van der Waals surface area contributed by atoms with Crippen molar-refractivity contribution in [3.05, 3.63) is 59.1 Å². The molecule has 8 heteroatoms. The summed E-state index contributed by atoms with van der Waals surface area (Å²) in [4.78, 5) is 23.7. The Hall–Kier alpha value is -2.38. The zero-order valence-corrected chi connectivity index (χ0v) is 15.9. The van der Waals surface area contributed by atoms with Crippen molar-refractivity contribution in [3.8, 4) is 0 Å². The van der Waals surface area contributed by atoms with Crippen LogP contribution < -0.4 is 10.0 Å². The summed E-state index contributed by atoms with van der Waals surface area (Å²) in [6, 6.07) is 11.9. The number of rotatable bonds is 6. The first-order valence-corrected chi connectivity index (χ1v) is 9.76. The van der Waals surface area contributed by atoms with E-state index in [1.807, 2.05) is 18.6 Å². The summed E-state index contributed by atoms with van der Waals surface area (Å²) in [6.07, 6.45) is 0.120. The first-order chi connectivity index (χ1) is 12.2. The summed E-state index contributed by atoms with van der Waals surface area (Å²) < 4.78 is 26.4. The Balaban J connectivity index is 2.06. The average molecular weight is 395 g/mol. The lowest BCUT2D eigenvalue weighted by Gasteiger charge is -2.10. The van der Waals surface area contributed by atoms with Crippen LogP contribution in [-0.2, 0) is 14.8 Å². The van der Waals surface area contributed by atoms with Gasteiger partial charge in [-0.1, -0.05) is 25.4 Å². The first-order valence-electron chi connectivity index (χ1n) is 7.90. The molecular formula is C18H19ClN2O4S. The molecule has 0 unspecified atom stereocenters. The van der Waals surface area contributed by atoms with Crippen LogP contribution in [0.3, 0.4) is 0 Å². The minimum absolute atomic E-state index is 0.0515. The standard InChI is InChI=1S/C18H19ClN2O4S/c1-12(2)11-17(22)21-26(24,25)16-9-7-15(8-10-16)20-18(23)13-3-5-14(19)6-4-13/h3-10,12H,11H2,1-2H3,(H,20,23)(H,21,22). The van der Waals surface area contributed by atoms with Crippen LogP contribution in [0.2, 0.25) is 5.02 Å². The molecule has 0 fully saturated rings. The Morgan fingerprint density at radius 2 is 1.58 bits per heavy atom. The molecule has 2 amide bonds. The molecule has 0 aliphatic carbocycles. The van der Waals surface area contributed by atoms with E-state index >= 15 is 0 Å². The minimum Gasteiger partial charge on any atom is -0.322 e. The molecule has 0 spiro atoms. The van der Waals surface area contributed by atoms with Crippen molar-refractivity contribution in [1.82, 2.24) is 4.72 Å². The molecule has 2 N–H and O–H groups in total. The van der Waals surface area contributed by atoms with E-state index in [1.54, 1.807) is 24.3 Å². The van der Waals surface area contributed by atoms with Crippen LogP contribution in [-0.4, -0.2) is 20.2 Å². The molecule has 2 aromatic rings. The van der Waals surface area contributed by atoms with Crippen LogP contribution in [0.1, 0.15) is 30.6 Å². The van der Waals surface area contributed by atoms with Crippen molar-refractivity contribution in [2.75, 3.05) is 5.32 Å². The fourth-order valence-corrected chi connectivity index (χ4v) is 3.26. The topological polar surface area (TPSA) is 92.3 Å². The van der Waals surface area contributed by atoms with Crippen molar-refractivity contribution in [2.24, 2.45) is 5.92 Å². The van der Waals surface area contributed by atoms with Gasteiger partial charge in [0.05, 0.1) is 4.90 Å². The molecule has 0 saturated heterocycles. The van der Waals surface area contributed by atoms with Gasteiger partial charge in [-0.2, -0.15) is 0 Å². The van der Waals surface area contributed by atoms with Crippen LogP contribution in [0.5, 0.6) is 0 Å². The van der Waals surface area contributed by atoms with Crippen LogP contribution in [0.25, 0.3) is 0 Å². The fourth-order valence-electron chi connectivity index (χ4n) is 2.14. The number of anilines is 1. The number of carbonyl (C=O) groups excluding carboxylic acids is 2. The lowest BCUT2D eigenvalue weighted by atomic mass is 10.1. The summed E-state index contributed by atoms with van der Waals surface area (Å²) in [6.45, 7) is 3.65. The number of hydrogen-bond donors (Lipinski definition) is 2. The third-order valence-electron chi connectivity index (χ3n) is 3.37. The van der Waals surface area contributed by atoms with E-state index in [0.717, 1.165) is 0 Å². The maximum absolute atomic E-state index is 12.2. The molecule has 2 rings (SSSR count). The Morgan fingerprint density at radius 3 is 2.12 bits per heavy atom. The van der Waals surface area contributed by atoms with Gasteiger partial charge in [-0.15, -0.1) is 0 Å². The molecule has 0 aliphatic heterocycles. The molecule has 0 aromatic heterocycles. The van der Waals surface area contributed by atoms with Gasteiger partial charge in [-0.05, 0) is 54.4 Å². The van der Waals surface area contributed by atoms with E-state index in [-0.39, 0.29) is 23.1 Å². The smallest absolute Gasteiger partial charge is 0.264 e. The summed E-state index contributed by atoms with van der Waals surface area (Å²) in [7, 11) is -3.93. The summed E-state index contributed by atoms with van der Waals surface area (Å²) in [5.41, 5.74) is 0.851. The molecule has 0 bridgehead atoms. The van der Waals surface area contributed by atoms with Crippen LogP contribution in [0, 0.1) is 5.92 Å². The van der Waals surface area contributed by atoms with Gasteiger partial charge in [0.15, 0.2) is 0 Å². The maximum Gasteiger partial charge on any atom is 0.264 e. The number of carbonyl (C=O) groups is 2. The van der Waals surface area contributed by atoms with E-state index in [0.29, 0.717) is 16.3 Å². The molecule has 0 aliphatic rings. The highest BCUT2D eigenvalue weighted by atomic mass is 35.5. The van der Waals surface area contributed by atoms with Crippen molar-refractivity contribution in [3.63, 3.8) is 0 Å². The van der Waals surface area contributed by atoms with E-state index in [1.165, 1.54) is 24.3 Å². The number of sulfonamides is 1. The summed E-state index contributed by atoms with van der Waals surface area (Å²) in [5.74, 6) is -0.849. The zero-order chi connectivity index (χ0) is 19.3. The maximum atomic E-state index is 12.2. The molecule has 2 aromatic carbocycles. The second-order valence-corrected chi connectivity index (χ2v) is 8.23. The Kier molecular flexibility index (Phi) is 6.39. The van der Waals surface area contributed by atoms with Gasteiger partial charge in [-0.25, -0.2) is 13.1 Å². The van der Waals surface area contributed by atoms with Gasteiger partial charge < -0.3 is 5.32 Å². The lowest BCUT2D eigenvalue weighted by Crippen LogP contribution is -2.31. The molecule has 0 atom stereocenters. The van der Waals surface area contributed by atoms with E-state index in [4.69, 9.17) is 11.6 Å². The Bertz CT molecular complexity index is 892. The van der Waals surface area contributed by atoms with Crippen LogP contribution in [0.15, 0.2) is 53.4 Å². The summed E-state index contributed by atoms with van der Waals surface area (Å²) >= 11 is 5.78. The van der Waals surface area contributed by atoms with Gasteiger partial charge >= 0.3 is 0 Å². The number of benzene rings is 2. The van der Waals surface area contributed by atoms with Gasteiger partial charge in [0.1, 0.15) is 0 Å². The Morgan fingerprint density at radius 1 is 1.00 bits per heavy atom. The van der Waals surface area contributed by atoms with Crippen molar-refractivity contribution >= 4 is 39.1 Å². The molecule has 0 saturated carbocycles. The second-order valence-electron chi connectivity index (χ2n) is 6.11.